The number of nitrogens with zero attached hydrogens (tertiary/aromatic N) is 2. The fourth-order valence-corrected chi connectivity index (χ4v) is 3.04. The van der Waals surface area contributed by atoms with Gasteiger partial charge < -0.3 is 16.0 Å². The quantitative estimate of drug-likeness (QED) is 0.422. The number of guanidine groups is 1. The van der Waals surface area contributed by atoms with Crippen LogP contribution in [0.3, 0.4) is 0 Å². The van der Waals surface area contributed by atoms with Crippen LogP contribution in [0.1, 0.15) is 30.4 Å². The molecule has 2 rings (SSSR count). The van der Waals surface area contributed by atoms with Gasteiger partial charge in [-0.3, -0.25) is 9.79 Å². The fraction of sp³-hybridized carbons (Fsp3) is 0.529. The number of halogens is 2. The number of hydrogen-bond donors (Lipinski definition) is 2. The molecule has 24 heavy (non-hydrogen) atoms. The number of likely N-dealkylation sites (tertiary alicyclic amines) is 1. The maximum atomic E-state index is 13.3. The van der Waals surface area contributed by atoms with Crippen molar-refractivity contribution in [3.05, 3.63) is 35.1 Å². The largest absolute Gasteiger partial charge is 0.370 e. The predicted molar refractivity (Wildman–Crippen MR) is 105 cm³/mol. The first-order valence-electron chi connectivity index (χ1n) is 7.98. The van der Waals surface area contributed by atoms with Crippen LogP contribution in [-0.4, -0.2) is 36.9 Å². The summed E-state index contributed by atoms with van der Waals surface area (Å²) in [5.41, 5.74) is 6.95. The molecule has 7 heteroatoms. The minimum Gasteiger partial charge on any atom is -0.370 e. The van der Waals surface area contributed by atoms with Crippen molar-refractivity contribution >= 4 is 35.8 Å². The van der Waals surface area contributed by atoms with Crippen molar-refractivity contribution in [2.45, 2.75) is 32.7 Å². The van der Waals surface area contributed by atoms with Crippen molar-refractivity contribution in [2.24, 2.45) is 16.6 Å². The summed E-state index contributed by atoms with van der Waals surface area (Å²) in [6.07, 6.45) is 2.46. The van der Waals surface area contributed by atoms with Gasteiger partial charge in [0.05, 0.1) is 0 Å². The second kappa shape index (κ2) is 9.80. The lowest BCUT2D eigenvalue weighted by Gasteiger charge is -2.34. The molecule has 1 aromatic carbocycles. The van der Waals surface area contributed by atoms with Gasteiger partial charge in [-0.05, 0) is 42.9 Å². The first-order chi connectivity index (χ1) is 11.0. The van der Waals surface area contributed by atoms with Gasteiger partial charge in [-0.1, -0.05) is 12.1 Å². The third-order valence-corrected chi connectivity index (χ3v) is 4.19. The van der Waals surface area contributed by atoms with E-state index in [0.29, 0.717) is 18.5 Å². The number of rotatable bonds is 4. The van der Waals surface area contributed by atoms with E-state index in [1.165, 1.54) is 6.07 Å². The minimum absolute atomic E-state index is 0. The molecule has 134 valence electrons. The highest BCUT2D eigenvalue weighted by molar-refractivity contribution is 14.0. The minimum atomic E-state index is -0.249. The number of nitrogens with two attached hydrogens (primary N) is 1. The predicted octanol–water partition coefficient (Wildman–Crippen LogP) is 2.41. The summed E-state index contributed by atoms with van der Waals surface area (Å²) in [6, 6.07) is 5.09. The van der Waals surface area contributed by atoms with Crippen molar-refractivity contribution in [1.82, 2.24) is 10.2 Å². The van der Waals surface area contributed by atoms with Gasteiger partial charge in [0, 0.05) is 33.1 Å². The van der Waals surface area contributed by atoms with Crippen LogP contribution in [0.4, 0.5) is 4.39 Å². The molecule has 1 aliphatic heterocycles. The lowest BCUT2D eigenvalue weighted by molar-refractivity contribution is -0.119. The van der Waals surface area contributed by atoms with Gasteiger partial charge in [0.15, 0.2) is 5.96 Å². The molecule has 3 N–H and O–H groups in total. The monoisotopic (exact) mass is 448 g/mol. The van der Waals surface area contributed by atoms with Gasteiger partial charge >= 0.3 is 0 Å². The van der Waals surface area contributed by atoms with Crippen molar-refractivity contribution in [3.8, 4) is 0 Å². The second-order valence-electron chi connectivity index (χ2n) is 6.11. The number of benzene rings is 1. The molecule has 0 saturated carbocycles. The maximum absolute atomic E-state index is 13.3. The molecule has 1 unspecified atom stereocenters. The standard InChI is InChI=1S/C17H25FN4O.HI/c1-12-8-13(5-6-15(12)18)10-21-17(20-2)22-7-3-4-14(11-22)9-16(19)23;/h5-6,8,14H,3-4,7,9-11H2,1-2H3,(H2,19,23)(H,20,21);1H. The van der Waals surface area contributed by atoms with E-state index in [1.807, 2.05) is 6.07 Å². The average molecular weight is 448 g/mol. The maximum Gasteiger partial charge on any atom is 0.217 e. The van der Waals surface area contributed by atoms with Gasteiger partial charge in [0.25, 0.3) is 0 Å². The fourth-order valence-electron chi connectivity index (χ4n) is 3.04. The van der Waals surface area contributed by atoms with Gasteiger partial charge in [-0.2, -0.15) is 0 Å². The van der Waals surface area contributed by atoms with E-state index in [9.17, 15) is 9.18 Å². The van der Waals surface area contributed by atoms with Crippen molar-refractivity contribution in [1.29, 1.82) is 0 Å². The molecule has 1 amide bonds. The van der Waals surface area contributed by atoms with Gasteiger partial charge in [-0.25, -0.2) is 4.39 Å². The van der Waals surface area contributed by atoms with Crippen molar-refractivity contribution in [3.63, 3.8) is 0 Å². The number of amides is 1. The Morgan fingerprint density at radius 3 is 2.88 bits per heavy atom. The number of aryl methyl sites for hydroxylation is 1. The summed E-state index contributed by atoms with van der Waals surface area (Å²) in [4.78, 5) is 17.6. The molecule has 0 bridgehead atoms. The highest BCUT2D eigenvalue weighted by Crippen LogP contribution is 2.19. The zero-order chi connectivity index (χ0) is 16.8. The summed E-state index contributed by atoms with van der Waals surface area (Å²) in [5, 5.41) is 3.31. The molecule has 0 aliphatic carbocycles. The molecule has 1 saturated heterocycles. The Kier molecular flexibility index (Phi) is 8.44. The zero-order valence-corrected chi connectivity index (χ0v) is 16.5. The van der Waals surface area contributed by atoms with E-state index in [2.05, 4.69) is 15.2 Å². The normalized spacial score (nSPS) is 18.0. The van der Waals surface area contributed by atoms with Crippen LogP contribution in [-0.2, 0) is 11.3 Å². The van der Waals surface area contributed by atoms with Crippen LogP contribution >= 0.6 is 24.0 Å². The molecule has 5 nitrogen and oxygen atoms in total. The number of carbonyl (C=O) groups excluding carboxylic acids is 1. The van der Waals surface area contributed by atoms with E-state index >= 15 is 0 Å². The molecule has 0 spiro atoms. The van der Waals surface area contributed by atoms with Crippen molar-refractivity contribution in [2.75, 3.05) is 20.1 Å². The van der Waals surface area contributed by atoms with E-state index < -0.39 is 0 Å². The summed E-state index contributed by atoms with van der Waals surface area (Å²) < 4.78 is 13.3. The lowest BCUT2D eigenvalue weighted by atomic mass is 9.95. The van der Waals surface area contributed by atoms with Crippen LogP contribution in [0, 0.1) is 18.7 Å². The third-order valence-electron chi connectivity index (χ3n) is 4.19. The smallest absolute Gasteiger partial charge is 0.217 e. The van der Waals surface area contributed by atoms with Crippen LogP contribution in [0.2, 0.25) is 0 Å². The Morgan fingerprint density at radius 2 is 2.25 bits per heavy atom. The molecular formula is C17H26FIN4O. The van der Waals surface area contributed by atoms with E-state index in [0.717, 1.165) is 37.5 Å². The zero-order valence-electron chi connectivity index (χ0n) is 14.2. The summed E-state index contributed by atoms with van der Waals surface area (Å²) >= 11 is 0. The van der Waals surface area contributed by atoms with Gasteiger partial charge in [-0.15, -0.1) is 24.0 Å². The Labute approximate surface area is 159 Å². The van der Waals surface area contributed by atoms with E-state index in [-0.39, 0.29) is 41.6 Å². The number of piperidine rings is 1. The molecule has 1 fully saturated rings. The number of nitrogens with one attached hydrogen (secondary N) is 1. The summed E-state index contributed by atoms with van der Waals surface area (Å²) in [5.74, 6) is 0.652. The molecule has 1 atom stereocenters. The Morgan fingerprint density at radius 1 is 1.50 bits per heavy atom. The van der Waals surface area contributed by atoms with Gasteiger partial charge in [0.1, 0.15) is 5.82 Å². The van der Waals surface area contributed by atoms with E-state index in [4.69, 9.17) is 5.73 Å². The number of hydrogen-bond acceptors (Lipinski definition) is 2. The van der Waals surface area contributed by atoms with Gasteiger partial charge in [0.2, 0.25) is 5.91 Å². The number of carbonyl (C=O) groups is 1. The molecule has 1 aromatic rings. The first-order valence-corrected chi connectivity index (χ1v) is 7.98. The highest BCUT2D eigenvalue weighted by Gasteiger charge is 2.23. The van der Waals surface area contributed by atoms with Crippen LogP contribution in [0.5, 0.6) is 0 Å². The Bertz CT molecular complexity index is 594. The molecule has 1 heterocycles. The van der Waals surface area contributed by atoms with Crippen LogP contribution < -0.4 is 11.1 Å². The lowest BCUT2D eigenvalue weighted by Crippen LogP contribution is -2.46. The summed E-state index contributed by atoms with van der Waals surface area (Å²) in [7, 11) is 1.75. The first kappa shape index (κ1) is 20.7. The summed E-state index contributed by atoms with van der Waals surface area (Å²) in [6.45, 7) is 4.04. The highest BCUT2D eigenvalue weighted by atomic mass is 127. The molecule has 0 radical (unpaired) electrons. The Hall–Kier alpha value is -1.38. The second-order valence-corrected chi connectivity index (χ2v) is 6.11. The molecule has 0 aromatic heterocycles. The molecular weight excluding hydrogens is 422 g/mol. The average Bonchev–Trinajstić information content (AvgIpc) is 2.51. The SMILES string of the molecule is CN=C(NCc1ccc(F)c(C)c1)N1CCCC(CC(N)=O)C1.I. The van der Waals surface area contributed by atoms with Crippen LogP contribution in [0.25, 0.3) is 0 Å². The number of aliphatic imine (C=N–C) groups is 1. The topological polar surface area (TPSA) is 70.7 Å². The number of primary amides is 1. The third kappa shape index (κ3) is 5.92. The van der Waals surface area contributed by atoms with Crippen LogP contribution in [0.15, 0.2) is 23.2 Å². The van der Waals surface area contributed by atoms with Crippen molar-refractivity contribution < 1.29 is 9.18 Å². The van der Waals surface area contributed by atoms with E-state index in [1.54, 1.807) is 20.0 Å². The molecule has 1 aliphatic rings. The Balaban J connectivity index is 0.00000288.